The predicted molar refractivity (Wildman–Crippen MR) is 104 cm³/mol. The molecule has 28 heavy (non-hydrogen) atoms. The van der Waals surface area contributed by atoms with Crippen LogP contribution < -0.4 is 5.32 Å². The predicted octanol–water partition coefficient (Wildman–Crippen LogP) is 2.95. The number of amides is 1. The maximum absolute atomic E-state index is 12.1. The Balaban J connectivity index is 1.24. The Morgan fingerprint density at radius 3 is 3.00 bits per heavy atom. The average Bonchev–Trinajstić information content (AvgIpc) is 3.33. The summed E-state index contributed by atoms with van der Waals surface area (Å²) in [5.74, 6) is 1.65. The van der Waals surface area contributed by atoms with Crippen molar-refractivity contribution in [1.82, 2.24) is 30.4 Å². The molecule has 8 nitrogen and oxygen atoms in total. The van der Waals surface area contributed by atoms with E-state index in [-0.39, 0.29) is 5.91 Å². The molecule has 0 aliphatic heterocycles. The molecule has 0 bridgehead atoms. The van der Waals surface area contributed by atoms with Gasteiger partial charge in [0, 0.05) is 43.2 Å². The minimum Gasteiger partial charge on any atom is -0.356 e. The van der Waals surface area contributed by atoms with Crippen LogP contribution in [-0.4, -0.2) is 37.5 Å². The van der Waals surface area contributed by atoms with E-state index in [1.54, 1.807) is 24.5 Å². The lowest BCUT2D eigenvalue weighted by Gasteiger charge is -2.02. The molecule has 3 aromatic heterocycles. The second kappa shape index (κ2) is 8.18. The number of aromatic amines is 1. The lowest BCUT2D eigenvalue weighted by molar-refractivity contribution is -0.121. The number of pyridine rings is 1. The molecule has 0 atom stereocenters. The average molecular weight is 397 g/mol. The molecule has 0 aliphatic rings. The van der Waals surface area contributed by atoms with Crippen molar-refractivity contribution in [1.29, 1.82) is 0 Å². The maximum atomic E-state index is 12.1. The van der Waals surface area contributed by atoms with Gasteiger partial charge in [0.15, 0.2) is 5.82 Å². The van der Waals surface area contributed by atoms with Gasteiger partial charge in [-0.05, 0) is 30.3 Å². The monoisotopic (exact) mass is 396 g/mol. The molecule has 142 valence electrons. The summed E-state index contributed by atoms with van der Waals surface area (Å²) in [6.07, 6.45) is 4.67. The van der Waals surface area contributed by atoms with Crippen molar-refractivity contribution in [3.8, 4) is 11.5 Å². The summed E-state index contributed by atoms with van der Waals surface area (Å²) in [6, 6.07) is 9.10. The first-order valence-corrected chi connectivity index (χ1v) is 9.19. The van der Waals surface area contributed by atoms with Crippen molar-refractivity contribution in [2.75, 3.05) is 6.54 Å². The molecule has 3 heterocycles. The van der Waals surface area contributed by atoms with Crippen LogP contribution in [0.4, 0.5) is 0 Å². The van der Waals surface area contributed by atoms with Gasteiger partial charge in [-0.25, -0.2) is 4.98 Å². The fourth-order valence-electron chi connectivity index (χ4n) is 2.75. The Labute approximate surface area is 165 Å². The zero-order valence-corrected chi connectivity index (χ0v) is 15.6. The molecule has 0 unspecified atom stereocenters. The molecule has 0 fully saturated rings. The van der Waals surface area contributed by atoms with E-state index in [1.165, 1.54) is 0 Å². The van der Waals surface area contributed by atoms with Gasteiger partial charge < -0.3 is 14.8 Å². The minimum absolute atomic E-state index is 0.0607. The first kappa shape index (κ1) is 18.1. The van der Waals surface area contributed by atoms with Crippen molar-refractivity contribution in [3.63, 3.8) is 0 Å². The smallest absolute Gasteiger partial charge is 0.259 e. The third kappa shape index (κ3) is 4.34. The van der Waals surface area contributed by atoms with Crippen LogP contribution in [0.2, 0.25) is 5.02 Å². The SMILES string of the molecule is O=C(CCc1nc2ccc(Cl)cc2[nH]1)NCCc1noc(-c2cccnc2)n1. The summed E-state index contributed by atoms with van der Waals surface area (Å²) in [6.45, 7) is 0.431. The zero-order chi connectivity index (χ0) is 19.3. The number of aryl methyl sites for hydroxylation is 1. The van der Waals surface area contributed by atoms with Gasteiger partial charge >= 0.3 is 0 Å². The summed E-state index contributed by atoms with van der Waals surface area (Å²) >= 11 is 5.97. The summed E-state index contributed by atoms with van der Waals surface area (Å²) in [4.78, 5) is 28.0. The zero-order valence-electron chi connectivity index (χ0n) is 14.9. The summed E-state index contributed by atoms with van der Waals surface area (Å²) in [5.41, 5.74) is 2.46. The lowest BCUT2D eigenvalue weighted by atomic mass is 10.2. The van der Waals surface area contributed by atoms with Crippen molar-refractivity contribution >= 4 is 28.5 Å². The topological polar surface area (TPSA) is 110 Å². The fraction of sp³-hybridized carbons (Fsp3) is 0.211. The van der Waals surface area contributed by atoms with E-state index < -0.39 is 0 Å². The number of nitrogens with one attached hydrogen (secondary N) is 2. The molecule has 0 aliphatic carbocycles. The van der Waals surface area contributed by atoms with Gasteiger partial charge in [0.05, 0.1) is 16.6 Å². The number of benzene rings is 1. The first-order valence-electron chi connectivity index (χ1n) is 8.81. The lowest BCUT2D eigenvalue weighted by Crippen LogP contribution is -2.26. The molecule has 0 spiro atoms. The van der Waals surface area contributed by atoms with Crippen LogP contribution in [-0.2, 0) is 17.6 Å². The summed E-state index contributed by atoms with van der Waals surface area (Å²) < 4.78 is 5.22. The molecule has 0 radical (unpaired) electrons. The molecule has 0 saturated heterocycles. The van der Waals surface area contributed by atoms with Gasteiger partial charge in [-0.15, -0.1) is 0 Å². The van der Waals surface area contributed by atoms with Crippen LogP contribution in [0.3, 0.4) is 0 Å². The number of hydrogen-bond acceptors (Lipinski definition) is 6. The van der Waals surface area contributed by atoms with Gasteiger partial charge in [0.1, 0.15) is 5.82 Å². The van der Waals surface area contributed by atoms with Crippen molar-refractivity contribution in [2.45, 2.75) is 19.3 Å². The minimum atomic E-state index is -0.0607. The largest absolute Gasteiger partial charge is 0.356 e. The van der Waals surface area contributed by atoms with Crippen LogP contribution in [0.1, 0.15) is 18.1 Å². The van der Waals surface area contributed by atoms with Crippen LogP contribution >= 0.6 is 11.6 Å². The van der Waals surface area contributed by atoms with Gasteiger partial charge in [0.2, 0.25) is 5.91 Å². The highest BCUT2D eigenvalue weighted by Crippen LogP contribution is 2.18. The second-order valence-corrected chi connectivity index (χ2v) is 6.64. The van der Waals surface area contributed by atoms with Gasteiger partial charge in [-0.1, -0.05) is 16.8 Å². The maximum Gasteiger partial charge on any atom is 0.259 e. The van der Waals surface area contributed by atoms with E-state index in [4.69, 9.17) is 16.1 Å². The molecule has 0 saturated carbocycles. The molecule has 4 aromatic rings. The van der Waals surface area contributed by atoms with Gasteiger partial charge in [-0.2, -0.15) is 4.98 Å². The molecule has 1 aromatic carbocycles. The number of nitrogens with zero attached hydrogens (tertiary/aromatic N) is 4. The van der Waals surface area contributed by atoms with E-state index in [1.807, 2.05) is 18.2 Å². The van der Waals surface area contributed by atoms with Crippen molar-refractivity contribution < 1.29 is 9.32 Å². The number of carbonyl (C=O) groups is 1. The number of hydrogen-bond donors (Lipinski definition) is 2. The van der Waals surface area contributed by atoms with E-state index >= 15 is 0 Å². The normalized spacial score (nSPS) is 11.0. The highest BCUT2D eigenvalue weighted by molar-refractivity contribution is 6.31. The first-order chi connectivity index (χ1) is 13.7. The fourth-order valence-corrected chi connectivity index (χ4v) is 2.92. The Hall–Kier alpha value is -3.26. The molecular formula is C19H17ClN6O2. The summed E-state index contributed by atoms with van der Waals surface area (Å²) in [7, 11) is 0. The number of halogens is 1. The van der Waals surface area contributed by atoms with E-state index in [0.717, 1.165) is 22.4 Å². The number of rotatable bonds is 7. The van der Waals surface area contributed by atoms with Crippen LogP contribution in [0.15, 0.2) is 47.2 Å². The number of fused-ring (bicyclic) bond motifs is 1. The second-order valence-electron chi connectivity index (χ2n) is 6.20. The molecule has 1 amide bonds. The van der Waals surface area contributed by atoms with Gasteiger partial charge in [-0.3, -0.25) is 9.78 Å². The Morgan fingerprint density at radius 1 is 1.21 bits per heavy atom. The third-order valence-corrected chi connectivity index (χ3v) is 4.36. The highest BCUT2D eigenvalue weighted by Gasteiger charge is 2.10. The third-order valence-electron chi connectivity index (χ3n) is 4.13. The Bertz CT molecular complexity index is 1090. The number of aromatic nitrogens is 5. The number of imidazole rings is 1. The standard InChI is InChI=1S/C19H17ClN6O2/c20-13-3-4-14-15(10-13)24-16(23-14)5-6-18(27)22-9-7-17-25-19(28-26-17)12-2-1-8-21-11-12/h1-4,8,10-11H,5-7,9H2,(H,22,27)(H,23,24). The summed E-state index contributed by atoms with van der Waals surface area (Å²) in [5, 5.41) is 7.43. The molecule has 2 N–H and O–H groups in total. The van der Waals surface area contributed by atoms with Crippen molar-refractivity contribution in [3.05, 3.63) is 59.4 Å². The Morgan fingerprint density at radius 2 is 2.14 bits per heavy atom. The molecule has 4 rings (SSSR count). The number of carbonyl (C=O) groups excluding carboxylic acids is 1. The number of H-pyrrole nitrogens is 1. The Kier molecular flexibility index (Phi) is 5.29. The molecular weight excluding hydrogens is 380 g/mol. The van der Waals surface area contributed by atoms with E-state index in [0.29, 0.717) is 42.5 Å². The quantitative estimate of drug-likeness (QED) is 0.497. The van der Waals surface area contributed by atoms with E-state index in [9.17, 15) is 4.79 Å². The highest BCUT2D eigenvalue weighted by atomic mass is 35.5. The van der Waals surface area contributed by atoms with Crippen molar-refractivity contribution in [2.24, 2.45) is 0 Å². The van der Waals surface area contributed by atoms with Crippen LogP contribution in [0, 0.1) is 0 Å². The van der Waals surface area contributed by atoms with Gasteiger partial charge in [0.25, 0.3) is 5.89 Å². The van der Waals surface area contributed by atoms with E-state index in [2.05, 4.69) is 30.4 Å². The van der Waals surface area contributed by atoms with Crippen LogP contribution in [0.25, 0.3) is 22.5 Å². The molecule has 9 heteroatoms. The van der Waals surface area contributed by atoms with Crippen LogP contribution in [0.5, 0.6) is 0 Å².